The highest BCUT2D eigenvalue weighted by Crippen LogP contribution is 2.24. The van der Waals surface area contributed by atoms with Gasteiger partial charge in [0.15, 0.2) is 0 Å². The number of halogens is 2. The molecule has 1 amide bonds. The molecule has 0 aliphatic rings. The first-order chi connectivity index (χ1) is 9.75. The van der Waals surface area contributed by atoms with E-state index in [1.807, 2.05) is 20.8 Å². The molecule has 0 aromatic carbocycles. The van der Waals surface area contributed by atoms with Crippen molar-refractivity contribution in [1.82, 2.24) is 9.97 Å². The number of nitrogens with zero attached hydrogens (tertiary/aromatic N) is 2. The highest BCUT2D eigenvalue weighted by Gasteiger charge is 2.19. The van der Waals surface area contributed by atoms with Crippen molar-refractivity contribution >= 4 is 39.1 Å². The summed E-state index contributed by atoms with van der Waals surface area (Å²) >= 11 is 9.26. The third kappa shape index (κ3) is 4.25. The van der Waals surface area contributed by atoms with Crippen LogP contribution in [0.15, 0.2) is 35.1 Å². The second-order valence-corrected chi connectivity index (χ2v) is 6.84. The Bertz CT molecular complexity index is 666. The summed E-state index contributed by atoms with van der Waals surface area (Å²) in [6.45, 7) is 6.06. The van der Waals surface area contributed by atoms with Crippen molar-refractivity contribution in [3.8, 4) is 0 Å². The number of pyridine rings is 2. The Morgan fingerprint density at radius 2 is 2.00 bits per heavy atom. The van der Waals surface area contributed by atoms with E-state index in [4.69, 9.17) is 11.6 Å². The van der Waals surface area contributed by atoms with Gasteiger partial charge in [-0.1, -0.05) is 32.4 Å². The lowest BCUT2D eigenvalue weighted by Gasteiger charge is -2.18. The molecule has 0 saturated carbocycles. The second kappa shape index (κ2) is 6.12. The van der Waals surface area contributed by atoms with Gasteiger partial charge in [0, 0.05) is 16.7 Å². The number of carbonyl (C=O) groups is 1. The van der Waals surface area contributed by atoms with Gasteiger partial charge in [-0.05, 0) is 40.2 Å². The van der Waals surface area contributed by atoms with Crippen LogP contribution < -0.4 is 5.32 Å². The lowest BCUT2D eigenvalue weighted by atomic mass is 9.91. The molecule has 2 heterocycles. The zero-order valence-corrected chi connectivity index (χ0v) is 14.3. The van der Waals surface area contributed by atoms with Crippen LogP contribution in [0.5, 0.6) is 0 Å². The molecular weight excluding hydrogens is 354 g/mol. The quantitative estimate of drug-likeness (QED) is 0.797. The van der Waals surface area contributed by atoms with Crippen LogP contribution in [0.2, 0.25) is 5.15 Å². The topological polar surface area (TPSA) is 54.9 Å². The molecule has 0 bridgehead atoms. The molecule has 110 valence electrons. The summed E-state index contributed by atoms with van der Waals surface area (Å²) in [5.74, 6) is -0.242. The summed E-state index contributed by atoms with van der Waals surface area (Å²) < 4.78 is 0.711. The van der Waals surface area contributed by atoms with Crippen molar-refractivity contribution in [2.24, 2.45) is 0 Å². The van der Waals surface area contributed by atoms with E-state index in [0.29, 0.717) is 21.0 Å². The summed E-state index contributed by atoms with van der Waals surface area (Å²) in [6, 6.07) is 6.84. The van der Waals surface area contributed by atoms with Gasteiger partial charge < -0.3 is 5.32 Å². The number of amides is 1. The zero-order valence-electron chi connectivity index (χ0n) is 11.9. The van der Waals surface area contributed by atoms with Gasteiger partial charge in [-0.15, -0.1) is 0 Å². The molecule has 0 atom stereocenters. The van der Waals surface area contributed by atoms with Gasteiger partial charge in [-0.2, -0.15) is 0 Å². The second-order valence-electron chi connectivity index (χ2n) is 5.64. The average Bonchev–Trinajstić information content (AvgIpc) is 2.39. The van der Waals surface area contributed by atoms with Gasteiger partial charge in [0.05, 0.1) is 11.9 Å². The summed E-state index contributed by atoms with van der Waals surface area (Å²) in [5.41, 5.74) is 1.68. The fraction of sp³-hybridized carbons (Fsp3) is 0.267. The minimum absolute atomic E-state index is 0.181. The highest BCUT2D eigenvalue weighted by atomic mass is 79.9. The van der Waals surface area contributed by atoms with E-state index in [2.05, 4.69) is 31.2 Å². The first-order valence-corrected chi connectivity index (χ1v) is 7.54. The lowest BCUT2D eigenvalue weighted by molar-refractivity contribution is 0.102. The molecule has 4 nitrogen and oxygen atoms in total. The fourth-order valence-electron chi connectivity index (χ4n) is 1.67. The monoisotopic (exact) mass is 367 g/mol. The molecule has 2 rings (SSSR count). The maximum Gasteiger partial charge on any atom is 0.255 e. The van der Waals surface area contributed by atoms with Crippen molar-refractivity contribution in [1.29, 1.82) is 0 Å². The third-order valence-corrected chi connectivity index (χ3v) is 3.47. The number of hydrogen-bond donors (Lipinski definition) is 1. The van der Waals surface area contributed by atoms with E-state index in [9.17, 15) is 4.79 Å². The number of rotatable bonds is 2. The van der Waals surface area contributed by atoms with Crippen molar-refractivity contribution in [3.05, 3.63) is 51.5 Å². The van der Waals surface area contributed by atoms with Crippen LogP contribution in [0.25, 0.3) is 0 Å². The van der Waals surface area contributed by atoms with Crippen LogP contribution in [0.1, 0.15) is 36.8 Å². The summed E-state index contributed by atoms with van der Waals surface area (Å²) in [7, 11) is 0. The van der Waals surface area contributed by atoms with Crippen LogP contribution in [0, 0.1) is 0 Å². The van der Waals surface area contributed by atoms with E-state index in [0.717, 1.165) is 5.69 Å². The van der Waals surface area contributed by atoms with Crippen LogP contribution in [0.4, 0.5) is 5.69 Å². The number of carbonyl (C=O) groups excluding carboxylic acids is 1. The predicted molar refractivity (Wildman–Crippen MR) is 87.8 cm³/mol. The average molecular weight is 369 g/mol. The zero-order chi connectivity index (χ0) is 15.6. The Labute approximate surface area is 137 Å². The molecule has 1 N–H and O–H groups in total. The van der Waals surface area contributed by atoms with Gasteiger partial charge in [0.25, 0.3) is 5.91 Å². The minimum atomic E-state index is -0.242. The standard InChI is InChI=1S/C15H15BrClN3O/c1-15(2,3)11-6-9(7-13(17)20-11)14(21)19-10-4-5-12(16)18-8-10/h4-8H,1-3H3,(H,19,21). The predicted octanol–water partition coefficient (Wildman–Crippen LogP) is 4.44. The Morgan fingerprint density at radius 1 is 1.29 bits per heavy atom. The first kappa shape index (κ1) is 15.9. The Hall–Kier alpha value is -1.46. The van der Waals surface area contributed by atoms with Gasteiger partial charge in [0.1, 0.15) is 9.76 Å². The van der Waals surface area contributed by atoms with Gasteiger partial charge >= 0.3 is 0 Å². The van der Waals surface area contributed by atoms with Crippen LogP contribution in [-0.4, -0.2) is 15.9 Å². The molecule has 0 unspecified atom stereocenters. The molecule has 6 heteroatoms. The highest BCUT2D eigenvalue weighted by molar-refractivity contribution is 9.10. The molecule has 2 aromatic rings. The van der Waals surface area contributed by atoms with E-state index >= 15 is 0 Å². The Balaban J connectivity index is 2.27. The number of anilines is 1. The third-order valence-electron chi connectivity index (χ3n) is 2.81. The number of aromatic nitrogens is 2. The van der Waals surface area contributed by atoms with Gasteiger partial charge in [0.2, 0.25) is 0 Å². The van der Waals surface area contributed by atoms with Crippen LogP contribution in [0.3, 0.4) is 0 Å². The Kier molecular flexibility index (Phi) is 4.64. The van der Waals surface area contributed by atoms with Crippen LogP contribution in [-0.2, 0) is 5.41 Å². The van der Waals surface area contributed by atoms with Crippen LogP contribution >= 0.6 is 27.5 Å². The smallest absolute Gasteiger partial charge is 0.255 e. The fourth-order valence-corrected chi connectivity index (χ4v) is 2.11. The molecular formula is C15H15BrClN3O. The summed E-state index contributed by atoms with van der Waals surface area (Å²) in [6.07, 6.45) is 1.58. The van der Waals surface area contributed by atoms with E-state index in [1.54, 1.807) is 30.5 Å². The molecule has 2 aromatic heterocycles. The molecule has 0 saturated heterocycles. The van der Waals surface area contributed by atoms with Gasteiger partial charge in [-0.3, -0.25) is 4.79 Å². The lowest BCUT2D eigenvalue weighted by Crippen LogP contribution is -2.17. The maximum absolute atomic E-state index is 12.3. The first-order valence-electron chi connectivity index (χ1n) is 6.37. The molecule has 0 spiro atoms. The van der Waals surface area contributed by atoms with Crippen molar-refractivity contribution < 1.29 is 4.79 Å². The largest absolute Gasteiger partial charge is 0.321 e. The Morgan fingerprint density at radius 3 is 2.57 bits per heavy atom. The normalized spacial score (nSPS) is 11.3. The molecule has 0 fully saturated rings. The molecule has 21 heavy (non-hydrogen) atoms. The summed E-state index contributed by atoms with van der Waals surface area (Å²) in [4.78, 5) is 20.6. The molecule has 0 aliphatic heterocycles. The van der Waals surface area contributed by atoms with Gasteiger partial charge in [-0.25, -0.2) is 9.97 Å². The minimum Gasteiger partial charge on any atom is -0.321 e. The summed E-state index contributed by atoms with van der Waals surface area (Å²) in [5, 5.41) is 3.09. The number of hydrogen-bond acceptors (Lipinski definition) is 3. The van der Waals surface area contributed by atoms with Crippen molar-refractivity contribution in [2.75, 3.05) is 5.32 Å². The van der Waals surface area contributed by atoms with Crippen molar-refractivity contribution in [3.63, 3.8) is 0 Å². The number of nitrogens with one attached hydrogen (secondary N) is 1. The van der Waals surface area contributed by atoms with E-state index in [1.165, 1.54) is 0 Å². The molecule has 0 aliphatic carbocycles. The van der Waals surface area contributed by atoms with E-state index < -0.39 is 0 Å². The maximum atomic E-state index is 12.3. The molecule has 0 radical (unpaired) electrons. The SMILES string of the molecule is CC(C)(C)c1cc(C(=O)Nc2ccc(Br)nc2)cc(Cl)n1. The van der Waals surface area contributed by atoms with Crippen molar-refractivity contribution in [2.45, 2.75) is 26.2 Å². The van der Waals surface area contributed by atoms with E-state index in [-0.39, 0.29) is 11.3 Å².